The molecule has 176 valence electrons. The molecule has 2 aromatic carbocycles. The van der Waals surface area contributed by atoms with Crippen molar-refractivity contribution in [3.05, 3.63) is 77.2 Å². The Kier molecular flexibility index (Phi) is 7.29. The van der Waals surface area contributed by atoms with Crippen molar-refractivity contribution in [2.24, 2.45) is 0 Å². The second-order valence-electron chi connectivity index (χ2n) is 7.97. The van der Waals surface area contributed by atoms with Crippen molar-refractivity contribution in [3.63, 3.8) is 0 Å². The summed E-state index contributed by atoms with van der Waals surface area (Å²) in [5.74, 6) is 1.57. The summed E-state index contributed by atoms with van der Waals surface area (Å²) in [4.78, 5) is 4.76. The number of hydrogen-bond donors (Lipinski definition) is 1. The number of benzene rings is 2. The highest BCUT2D eigenvalue weighted by Crippen LogP contribution is 2.27. The van der Waals surface area contributed by atoms with Crippen LogP contribution in [0.1, 0.15) is 17.4 Å². The number of halogens is 1. The summed E-state index contributed by atoms with van der Waals surface area (Å²) >= 11 is 6.14. The third-order valence-electron chi connectivity index (χ3n) is 6.04. The van der Waals surface area contributed by atoms with Crippen molar-refractivity contribution in [1.29, 1.82) is 0 Å². The topological polar surface area (TPSA) is 75.0 Å². The number of methoxy groups -OCH3 is 1. The van der Waals surface area contributed by atoms with Gasteiger partial charge in [-0.3, -0.25) is 4.90 Å². The lowest BCUT2D eigenvalue weighted by Crippen LogP contribution is -2.49. The second-order valence-corrected chi connectivity index (χ2v) is 10.1. The van der Waals surface area contributed by atoms with Crippen LogP contribution in [0.2, 0.25) is 5.02 Å². The molecule has 3 aromatic rings. The molecule has 4 rings (SSSR count). The van der Waals surface area contributed by atoms with Crippen LogP contribution in [-0.4, -0.2) is 53.2 Å². The standard InChI is InChI=1S/C24H28ClN3O4S/c1-18-21(25)5-3-7-24(18)33(29,30)26-17-22(23-6-4-16-32-23)28-14-12-27(13-15-28)19-8-10-20(31-2)11-9-19/h3-11,16,22,26H,12-15,17H2,1-2H3. The van der Waals surface area contributed by atoms with Gasteiger partial charge in [0.05, 0.1) is 24.3 Å². The molecule has 0 spiro atoms. The van der Waals surface area contributed by atoms with E-state index in [4.69, 9.17) is 20.8 Å². The van der Waals surface area contributed by atoms with E-state index in [1.165, 1.54) is 0 Å². The summed E-state index contributed by atoms with van der Waals surface area (Å²) in [6, 6.07) is 16.4. The number of piperazine rings is 1. The molecule has 1 N–H and O–H groups in total. The Morgan fingerprint density at radius 3 is 2.42 bits per heavy atom. The summed E-state index contributed by atoms with van der Waals surface area (Å²) < 4.78 is 39.7. The number of sulfonamides is 1. The Balaban J connectivity index is 1.46. The normalized spacial score (nSPS) is 16.0. The number of anilines is 1. The molecule has 0 radical (unpaired) electrons. The third kappa shape index (κ3) is 5.35. The molecule has 7 nitrogen and oxygen atoms in total. The molecule has 33 heavy (non-hydrogen) atoms. The van der Waals surface area contributed by atoms with E-state index < -0.39 is 10.0 Å². The fourth-order valence-electron chi connectivity index (χ4n) is 4.12. The minimum Gasteiger partial charge on any atom is -0.497 e. The van der Waals surface area contributed by atoms with Crippen LogP contribution in [0.25, 0.3) is 0 Å². The van der Waals surface area contributed by atoms with Gasteiger partial charge in [0.2, 0.25) is 10.0 Å². The Hall–Kier alpha value is -2.52. The molecule has 1 aliphatic rings. The SMILES string of the molecule is COc1ccc(N2CCN(C(CNS(=O)(=O)c3cccc(Cl)c3C)c3ccco3)CC2)cc1. The van der Waals surface area contributed by atoms with Crippen molar-refractivity contribution < 1.29 is 17.6 Å². The molecule has 0 bridgehead atoms. The van der Waals surface area contributed by atoms with E-state index >= 15 is 0 Å². The molecular formula is C24H28ClN3O4S. The summed E-state index contributed by atoms with van der Waals surface area (Å²) in [6.07, 6.45) is 1.62. The van der Waals surface area contributed by atoms with E-state index in [2.05, 4.69) is 26.7 Å². The van der Waals surface area contributed by atoms with Gasteiger partial charge in [-0.15, -0.1) is 0 Å². The molecule has 0 saturated carbocycles. The zero-order valence-corrected chi connectivity index (χ0v) is 20.3. The Labute approximate surface area is 200 Å². The minimum atomic E-state index is -3.72. The minimum absolute atomic E-state index is 0.192. The van der Waals surface area contributed by atoms with E-state index in [0.29, 0.717) is 10.6 Å². The van der Waals surface area contributed by atoms with E-state index in [0.717, 1.165) is 43.4 Å². The predicted molar refractivity (Wildman–Crippen MR) is 130 cm³/mol. The van der Waals surface area contributed by atoms with Crippen LogP contribution in [0.3, 0.4) is 0 Å². The largest absolute Gasteiger partial charge is 0.497 e. The molecule has 1 aliphatic heterocycles. The average Bonchev–Trinajstić information content (AvgIpc) is 3.36. The first-order valence-electron chi connectivity index (χ1n) is 10.8. The quantitative estimate of drug-likeness (QED) is 0.513. The maximum absolute atomic E-state index is 13.0. The Morgan fingerprint density at radius 2 is 1.79 bits per heavy atom. The summed E-state index contributed by atoms with van der Waals surface area (Å²) in [5.41, 5.74) is 1.68. The number of rotatable bonds is 8. The summed E-state index contributed by atoms with van der Waals surface area (Å²) in [6.45, 7) is 5.10. The van der Waals surface area contributed by atoms with E-state index in [9.17, 15) is 8.42 Å². The van der Waals surface area contributed by atoms with Gasteiger partial charge < -0.3 is 14.1 Å². The monoisotopic (exact) mass is 489 g/mol. The van der Waals surface area contributed by atoms with E-state index in [1.807, 2.05) is 24.3 Å². The summed E-state index contributed by atoms with van der Waals surface area (Å²) in [5, 5.41) is 0.426. The molecular weight excluding hydrogens is 462 g/mol. The van der Waals surface area contributed by atoms with Gasteiger partial charge in [-0.25, -0.2) is 13.1 Å². The first-order valence-corrected chi connectivity index (χ1v) is 12.7. The van der Waals surface area contributed by atoms with Crippen molar-refractivity contribution in [1.82, 2.24) is 9.62 Å². The van der Waals surface area contributed by atoms with Gasteiger partial charge in [-0.1, -0.05) is 17.7 Å². The molecule has 9 heteroatoms. The van der Waals surface area contributed by atoms with Crippen molar-refractivity contribution in [2.75, 3.05) is 44.7 Å². The zero-order chi connectivity index (χ0) is 23.4. The van der Waals surface area contributed by atoms with Crippen LogP contribution in [0.5, 0.6) is 5.75 Å². The van der Waals surface area contributed by atoms with Crippen molar-refractivity contribution in [2.45, 2.75) is 17.9 Å². The van der Waals surface area contributed by atoms with Crippen LogP contribution in [0.4, 0.5) is 5.69 Å². The average molecular weight is 490 g/mol. The lowest BCUT2D eigenvalue weighted by Gasteiger charge is -2.39. The maximum atomic E-state index is 13.0. The first kappa shape index (κ1) is 23.6. The van der Waals surface area contributed by atoms with Gasteiger partial charge in [0.25, 0.3) is 0 Å². The number of nitrogens with zero attached hydrogens (tertiary/aromatic N) is 2. The number of hydrogen-bond acceptors (Lipinski definition) is 6. The van der Waals surface area contributed by atoms with Crippen LogP contribution < -0.4 is 14.4 Å². The number of furan rings is 1. The fourth-order valence-corrected chi connectivity index (χ4v) is 5.65. The lowest BCUT2D eigenvalue weighted by atomic mass is 10.1. The highest BCUT2D eigenvalue weighted by atomic mass is 35.5. The van der Waals surface area contributed by atoms with Crippen LogP contribution in [0, 0.1) is 6.92 Å². The molecule has 1 unspecified atom stereocenters. The van der Waals surface area contributed by atoms with Crippen LogP contribution >= 0.6 is 11.6 Å². The molecule has 0 amide bonds. The van der Waals surface area contributed by atoms with Gasteiger partial charge in [-0.2, -0.15) is 0 Å². The molecule has 1 atom stereocenters. The maximum Gasteiger partial charge on any atom is 0.240 e. The fraction of sp³-hybridized carbons (Fsp3) is 0.333. The molecule has 2 heterocycles. The predicted octanol–water partition coefficient (Wildman–Crippen LogP) is 4.09. The number of nitrogens with one attached hydrogen (secondary N) is 1. The third-order valence-corrected chi connectivity index (χ3v) is 8.02. The first-order chi connectivity index (χ1) is 15.9. The smallest absolute Gasteiger partial charge is 0.240 e. The molecule has 1 fully saturated rings. The van der Waals surface area contributed by atoms with Crippen LogP contribution in [0.15, 0.2) is 70.2 Å². The van der Waals surface area contributed by atoms with Gasteiger partial charge >= 0.3 is 0 Å². The Bertz CT molecular complexity index is 1160. The second kappa shape index (κ2) is 10.2. The highest BCUT2D eigenvalue weighted by Gasteiger charge is 2.29. The molecule has 1 aromatic heterocycles. The summed E-state index contributed by atoms with van der Waals surface area (Å²) in [7, 11) is -2.07. The van der Waals surface area contributed by atoms with Crippen molar-refractivity contribution in [3.8, 4) is 5.75 Å². The van der Waals surface area contributed by atoms with Gasteiger partial charge in [0, 0.05) is 43.4 Å². The van der Waals surface area contributed by atoms with Gasteiger partial charge in [-0.05, 0) is 61.0 Å². The van der Waals surface area contributed by atoms with E-state index in [-0.39, 0.29) is 17.5 Å². The van der Waals surface area contributed by atoms with Crippen LogP contribution in [-0.2, 0) is 10.0 Å². The highest BCUT2D eigenvalue weighted by molar-refractivity contribution is 7.89. The Morgan fingerprint density at radius 1 is 1.06 bits per heavy atom. The molecule has 0 aliphatic carbocycles. The number of ether oxygens (including phenoxy) is 1. The molecule has 1 saturated heterocycles. The van der Waals surface area contributed by atoms with Gasteiger partial charge in [0.1, 0.15) is 11.5 Å². The van der Waals surface area contributed by atoms with Crippen molar-refractivity contribution >= 4 is 27.3 Å². The van der Waals surface area contributed by atoms with Gasteiger partial charge in [0.15, 0.2) is 0 Å². The lowest BCUT2D eigenvalue weighted by molar-refractivity contribution is 0.166. The van der Waals surface area contributed by atoms with E-state index in [1.54, 1.807) is 38.5 Å². The zero-order valence-electron chi connectivity index (χ0n) is 18.7.